The summed E-state index contributed by atoms with van der Waals surface area (Å²) in [6.45, 7) is 2.60. The molecule has 0 radical (unpaired) electrons. The molecule has 20 heavy (non-hydrogen) atoms. The van der Waals surface area contributed by atoms with E-state index in [9.17, 15) is 10.1 Å². The van der Waals surface area contributed by atoms with Crippen molar-refractivity contribution in [1.82, 2.24) is 10.2 Å². The third-order valence-electron chi connectivity index (χ3n) is 3.03. The van der Waals surface area contributed by atoms with E-state index in [1.807, 2.05) is 6.92 Å². The number of nitrogens with zero attached hydrogens (tertiary/aromatic N) is 2. The van der Waals surface area contributed by atoms with Crippen LogP contribution in [0.25, 0.3) is 0 Å². The predicted octanol–water partition coefficient (Wildman–Crippen LogP) is 3.32. The molecule has 1 aromatic carbocycles. The van der Waals surface area contributed by atoms with Gasteiger partial charge in [-0.1, -0.05) is 11.6 Å². The molecule has 0 saturated carbocycles. The van der Waals surface area contributed by atoms with Crippen LogP contribution in [-0.4, -0.2) is 21.7 Å². The highest BCUT2D eigenvalue weighted by Gasteiger charge is 2.13. The highest BCUT2D eigenvalue weighted by atomic mass is 35.5. The molecule has 6 nitrogen and oxygen atoms in total. The van der Waals surface area contributed by atoms with Crippen LogP contribution in [0, 0.1) is 17.0 Å². The summed E-state index contributed by atoms with van der Waals surface area (Å²) < 4.78 is 0. The molecule has 7 heteroatoms. The Kier molecular flexibility index (Phi) is 4.57. The second-order valence-corrected chi connectivity index (χ2v) is 4.91. The average Bonchev–Trinajstić information content (AvgIpc) is 2.80. The largest absolute Gasteiger partial charge is 0.379 e. The Labute approximate surface area is 121 Å². The summed E-state index contributed by atoms with van der Waals surface area (Å²) in [4.78, 5) is 10.5. The first-order valence-electron chi connectivity index (χ1n) is 6.24. The number of nitro benzene ring substituents is 1. The molecular weight excluding hydrogens is 280 g/mol. The number of nitrogens with one attached hydrogen (secondary N) is 2. The number of aromatic nitrogens is 2. The lowest BCUT2D eigenvalue weighted by Gasteiger charge is -2.07. The fraction of sp³-hybridized carbons (Fsp3) is 0.308. The van der Waals surface area contributed by atoms with Crippen LogP contribution in [0.5, 0.6) is 0 Å². The number of rotatable bonds is 6. The molecule has 0 bridgehead atoms. The molecule has 0 unspecified atom stereocenters. The van der Waals surface area contributed by atoms with E-state index in [2.05, 4.69) is 15.5 Å². The maximum absolute atomic E-state index is 10.9. The molecule has 0 fully saturated rings. The Hall–Kier alpha value is -2.08. The summed E-state index contributed by atoms with van der Waals surface area (Å²) >= 11 is 5.86. The maximum atomic E-state index is 10.9. The van der Waals surface area contributed by atoms with Gasteiger partial charge in [-0.2, -0.15) is 5.10 Å². The second kappa shape index (κ2) is 6.38. The first-order chi connectivity index (χ1) is 9.58. The second-order valence-electron chi connectivity index (χ2n) is 4.47. The first-order valence-corrected chi connectivity index (χ1v) is 6.62. The predicted molar refractivity (Wildman–Crippen MR) is 78.2 cm³/mol. The Morgan fingerprint density at radius 2 is 2.30 bits per heavy atom. The van der Waals surface area contributed by atoms with Gasteiger partial charge < -0.3 is 5.32 Å². The standard InChI is InChI=1S/C13H15ClN4O2/c1-9-10(8-16-17-9)3-2-6-15-12-7-11(14)4-5-13(12)18(19)20/h4-5,7-8,15H,2-3,6H2,1H3,(H,16,17). The Bertz CT molecular complexity index is 612. The zero-order valence-corrected chi connectivity index (χ0v) is 11.8. The molecule has 0 aliphatic heterocycles. The molecule has 1 aromatic heterocycles. The summed E-state index contributed by atoms with van der Waals surface area (Å²) in [6, 6.07) is 4.49. The number of anilines is 1. The summed E-state index contributed by atoms with van der Waals surface area (Å²) in [7, 11) is 0. The highest BCUT2D eigenvalue weighted by Crippen LogP contribution is 2.27. The van der Waals surface area contributed by atoms with Crippen LogP contribution in [0.3, 0.4) is 0 Å². The first kappa shape index (κ1) is 14.3. The number of aromatic amines is 1. The van der Waals surface area contributed by atoms with Gasteiger partial charge in [0.25, 0.3) is 5.69 Å². The molecule has 1 heterocycles. The third-order valence-corrected chi connectivity index (χ3v) is 3.26. The van der Waals surface area contributed by atoms with E-state index in [0.717, 1.165) is 24.1 Å². The Morgan fingerprint density at radius 1 is 1.50 bits per heavy atom. The number of benzene rings is 1. The van der Waals surface area contributed by atoms with E-state index in [-0.39, 0.29) is 5.69 Å². The van der Waals surface area contributed by atoms with Gasteiger partial charge in [-0.3, -0.25) is 15.2 Å². The summed E-state index contributed by atoms with van der Waals surface area (Å²) in [5, 5.41) is 21.3. The van der Waals surface area contributed by atoms with Gasteiger partial charge in [0.15, 0.2) is 0 Å². The van der Waals surface area contributed by atoms with Gasteiger partial charge >= 0.3 is 0 Å². The molecule has 2 N–H and O–H groups in total. The minimum absolute atomic E-state index is 0.0360. The lowest BCUT2D eigenvalue weighted by atomic mass is 10.1. The van der Waals surface area contributed by atoms with E-state index >= 15 is 0 Å². The van der Waals surface area contributed by atoms with Crippen molar-refractivity contribution >= 4 is 23.0 Å². The molecule has 0 saturated heterocycles. The molecule has 0 aliphatic carbocycles. The molecule has 2 aromatic rings. The van der Waals surface area contributed by atoms with Crippen molar-refractivity contribution in [1.29, 1.82) is 0 Å². The molecule has 0 aliphatic rings. The van der Waals surface area contributed by atoms with E-state index in [1.165, 1.54) is 12.1 Å². The lowest BCUT2D eigenvalue weighted by Crippen LogP contribution is -2.05. The summed E-state index contributed by atoms with van der Waals surface area (Å²) in [5.74, 6) is 0. The summed E-state index contributed by atoms with van der Waals surface area (Å²) in [6.07, 6.45) is 3.52. The molecule has 2 rings (SSSR count). The minimum Gasteiger partial charge on any atom is -0.379 e. The van der Waals surface area contributed by atoms with Gasteiger partial charge in [-0.05, 0) is 37.5 Å². The van der Waals surface area contributed by atoms with E-state index in [4.69, 9.17) is 11.6 Å². The number of H-pyrrole nitrogens is 1. The zero-order valence-electron chi connectivity index (χ0n) is 11.0. The van der Waals surface area contributed by atoms with Crippen molar-refractivity contribution in [2.75, 3.05) is 11.9 Å². The van der Waals surface area contributed by atoms with Crippen molar-refractivity contribution < 1.29 is 4.92 Å². The molecule has 0 atom stereocenters. The van der Waals surface area contributed by atoms with E-state index < -0.39 is 4.92 Å². The SMILES string of the molecule is Cc1[nH]ncc1CCCNc1cc(Cl)ccc1[N+](=O)[O-]. The monoisotopic (exact) mass is 294 g/mol. The van der Waals surface area contributed by atoms with Crippen molar-refractivity contribution in [3.05, 3.63) is 50.8 Å². The van der Waals surface area contributed by atoms with Gasteiger partial charge in [0.05, 0.1) is 11.1 Å². The normalized spacial score (nSPS) is 10.5. The molecule has 0 amide bonds. The van der Waals surface area contributed by atoms with E-state index in [0.29, 0.717) is 17.3 Å². The number of hydrogen-bond acceptors (Lipinski definition) is 4. The lowest BCUT2D eigenvalue weighted by molar-refractivity contribution is -0.384. The fourth-order valence-electron chi connectivity index (χ4n) is 1.94. The number of aryl methyl sites for hydroxylation is 2. The molecule has 106 valence electrons. The highest BCUT2D eigenvalue weighted by molar-refractivity contribution is 6.31. The number of halogens is 1. The Morgan fingerprint density at radius 3 is 2.95 bits per heavy atom. The zero-order chi connectivity index (χ0) is 14.5. The van der Waals surface area contributed by atoms with Crippen LogP contribution in [0.15, 0.2) is 24.4 Å². The smallest absolute Gasteiger partial charge is 0.292 e. The van der Waals surface area contributed by atoms with Gasteiger partial charge in [0, 0.05) is 23.3 Å². The number of nitro groups is 1. The van der Waals surface area contributed by atoms with Gasteiger partial charge in [0.2, 0.25) is 0 Å². The van der Waals surface area contributed by atoms with Crippen LogP contribution in [-0.2, 0) is 6.42 Å². The van der Waals surface area contributed by atoms with Crippen molar-refractivity contribution in [2.24, 2.45) is 0 Å². The molecule has 0 spiro atoms. The number of hydrogen-bond donors (Lipinski definition) is 2. The van der Waals surface area contributed by atoms with Gasteiger partial charge in [-0.15, -0.1) is 0 Å². The van der Waals surface area contributed by atoms with Crippen LogP contribution in [0.4, 0.5) is 11.4 Å². The van der Waals surface area contributed by atoms with Gasteiger partial charge in [-0.25, -0.2) is 0 Å². The van der Waals surface area contributed by atoms with Crippen LogP contribution in [0.1, 0.15) is 17.7 Å². The average molecular weight is 295 g/mol. The van der Waals surface area contributed by atoms with Crippen molar-refractivity contribution in [2.45, 2.75) is 19.8 Å². The van der Waals surface area contributed by atoms with E-state index in [1.54, 1.807) is 12.3 Å². The topological polar surface area (TPSA) is 83.8 Å². The maximum Gasteiger partial charge on any atom is 0.292 e. The van der Waals surface area contributed by atoms with Crippen molar-refractivity contribution in [3.8, 4) is 0 Å². The summed E-state index contributed by atoms with van der Waals surface area (Å²) in [5.41, 5.74) is 2.70. The fourth-order valence-corrected chi connectivity index (χ4v) is 2.11. The molecular formula is C13H15ClN4O2. The van der Waals surface area contributed by atoms with Crippen LogP contribution in [0.2, 0.25) is 5.02 Å². The third kappa shape index (κ3) is 3.48. The quantitative estimate of drug-likeness (QED) is 0.486. The van der Waals surface area contributed by atoms with Crippen LogP contribution >= 0.6 is 11.6 Å². The van der Waals surface area contributed by atoms with Crippen molar-refractivity contribution in [3.63, 3.8) is 0 Å². The van der Waals surface area contributed by atoms with Gasteiger partial charge in [0.1, 0.15) is 5.69 Å². The van der Waals surface area contributed by atoms with Crippen LogP contribution < -0.4 is 5.32 Å². The minimum atomic E-state index is -0.418. The Balaban J connectivity index is 1.92.